The summed E-state index contributed by atoms with van der Waals surface area (Å²) >= 11 is 0. The summed E-state index contributed by atoms with van der Waals surface area (Å²) in [6.45, 7) is 0.426. The van der Waals surface area contributed by atoms with Crippen LogP contribution in [0.1, 0.15) is 24.8 Å². The topological polar surface area (TPSA) is 79.5 Å². The van der Waals surface area contributed by atoms with Crippen molar-refractivity contribution in [3.63, 3.8) is 0 Å². The molecule has 0 saturated heterocycles. The number of rotatable bonds is 7. The normalized spacial score (nSPS) is 9.56. The van der Waals surface area contributed by atoms with Crippen LogP contribution in [-0.4, -0.2) is 24.8 Å². The van der Waals surface area contributed by atoms with Gasteiger partial charge in [0.25, 0.3) is 0 Å². The van der Waals surface area contributed by atoms with Crippen molar-refractivity contribution in [3.8, 4) is 17.6 Å². The van der Waals surface area contributed by atoms with Gasteiger partial charge in [-0.3, -0.25) is 4.79 Å². The van der Waals surface area contributed by atoms with Crippen molar-refractivity contribution in [3.05, 3.63) is 23.8 Å². The molecule has 0 atom stereocenters. The largest absolute Gasteiger partial charge is 0.493 e. The lowest BCUT2D eigenvalue weighted by molar-refractivity contribution is -0.137. The van der Waals surface area contributed by atoms with E-state index in [1.807, 2.05) is 6.07 Å². The molecule has 0 radical (unpaired) electrons. The van der Waals surface area contributed by atoms with E-state index in [2.05, 4.69) is 0 Å². The Morgan fingerprint density at radius 2 is 2.17 bits per heavy atom. The average molecular weight is 249 g/mol. The van der Waals surface area contributed by atoms with E-state index in [1.165, 1.54) is 7.11 Å². The quantitative estimate of drug-likeness (QED) is 0.749. The second kappa shape index (κ2) is 7.17. The summed E-state index contributed by atoms with van der Waals surface area (Å²) in [7, 11) is 1.51. The lowest BCUT2D eigenvalue weighted by Gasteiger charge is -2.10. The van der Waals surface area contributed by atoms with Crippen molar-refractivity contribution in [2.24, 2.45) is 0 Å². The second-order valence-corrected chi connectivity index (χ2v) is 3.68. The number of hydrogen-bond donors (Lipinski definition) is 1. The minimum atomic E-state index is -0.800. The van der Waals surface area contributed by atoms with Gasteiger partial charge in [0.1, 0.15) is 0 Å². The van der Waals surface area contributed by atoms with Gasteiger partial charge in [0.15, 0.2) is 11.5 Å². The Morgan fingerprint density at radius 3 is 2.78 bits per heavy atom. The van der Waals surface area contributed by atoms with E-state index in [0.29, 0.717) is 36.5 Å². The van der Waals surface area contributed by atoms with Crippen LogP contribution in [0.5, 0.6) is 11.5 Å². The van der Waals surface area contributed by atoms with Crippen molar-refractivity contribution in [2.75, 3.05) is 13.7 Å². The lowest BCUT2D eigenvalue weighted by atomic mass is 10.2. The molecule has 1 N–H and O–H groups in total. The Balaban J connectivity index is 2.47. The third-order valence-electron chi connectivity index (χ3n) is 2.34. The number of ether oxygens (including phenoxy) is 2. The fourth-order valence-electron chi connectivity index (χ4n) is 1.42. The molecular formula is C13H15NO4. The monoisotopic (exact) mass is 249 g/mol. The van der Waals surface area contributed by atoms with Crippen LogP contribution in [0.4, 0.5) is 0 Å². The number of methoxy groups -OCH3 is 1. The highest BCUT2D eigenvalue weighted by Crippen LogP contribution is 2.27. The van der Waals surface area contributed by atoms with E-state index in [9.17, 15) is 4.79 Å². The number of nitrogens with zero attached hydrogens (tertiary/aromatic N) is 1. The van der Waals surface area contributed by atoms with Crippen molar-refractivity contribution >= 4 is 5.97 Å². The molecule has 18 heavy (non-hydrogen) atoms. The van der Waals surface area contributed by atoms with Crippen LogP contribution < -0.4 is 9.47 Å². The highest BCUT2D eigenvalue weighted by molar-refractivity contribution is 5.66. The van der Waals surface area contributed by atoms with E-state index in [1.54, 1.807) is 18.2 Å². The van der Waals surface area contributed by atoms with E-state index in [4.69, 9.17) is 19.8 Å². The van der Waals surface area contributed by atoms with Crippen molar-refractivity contribution in [1.82, 2.24) is 0 Å². The lowest BCUT2D eigenvalue weighted by Crippen LogP contribution is -2.01. The molecule has 1 aromatic rings. The SMILES string of the molecule is COc1cc(C#N)ccc1OCCCCC(=O)O. The molecule has 0 fully saturated rings. The van der Waals surface area contributed by atoms with Crippen molar-refractivity contribution < 1.29 is 19.4 Å². The fourth-order valence-corrected chi connectivity index (χ4v) is 1.42. The summed E-state index contributed by atoms with van der Waals surface area (Å²) in [4.78, 5) is 10.3. The van der Waals surface area contributed by atoms with Crippen LogP contribution in [0.15, 0.2) is 18.2 Å². The first-order valence-corrected chi connectivity index (χ1v) is 5.60. The van der Waals surface area contributed by atoms with E-state index >= 15 is 0 Å². The van der Waals surface area contributed by atoms with Crippen LogP contribution in [0.25, 0.3) is 0 Å². The molecule has 0 aliphatic heterocycles. The summed E-state index contributed by atoms with van der Waals surface area (Å²) in [6, 6.07) is 6.94. The predicted molar refractivity (Wildman–Crippen MR) is 64.7 cm³/mol. The zero-order chi connectivity index (χ0) is 13.4. The summed E-state index contributed by atoms with van der Waals surface area (Å²) in [5, 5.41) is 17.2. The van der Waals surface area contributed by atoms with E-state index in [-0.39, 0.29) is 6.42 Å². The van der Waals surface area contributed by atoms with E-state index in [0.717, 1.165) is 0 Å². The van der Waals surface area contributed by atoms with Gasteiger partial charge in [-0.15, -0.1) is 0 Å². The molecule has 5 nitrogen and oxygen atoms in total. The third-order valence-corrected chi connectivity index (χ3v) is 2.34. The summed E-state index contributed by atoms with van der Waals surface area (Å²) in [6.07, 6.45) is 1.39. The Morgan fingerprint density at radius 1 is 1.39 bits per heavy atom. The number of unbranched alkanes of at least 4 members (excludes halogenated alkanes) is 1. The third kappa shape index (κ3) is 4.34. The molecule has 0 saturated carbocycles. The van der Waals surface area contributed by atoms with Gasteiger partial charge in [-0.05, 0) is 25.0 Å². The Bertz CT molecular complexity index is 451. The molecule has 0 aliphatic carbocycles. The van der Waals surface area contributed by atoms with Crippen molar-refractivity contribution in [1.29, 1.82) is 5.26 Å². The molecule has 0 amide bonds. The maximum Gasteiger partial charge on any atom is 0.303 e. The molecule has 0 unspecified atom stereocenters. The molecule has 0 bridgehead atoms. The number of hydrogen-bond acceptors (Lipinski definition) is 4. The zero-order valence-electron chi connectivity index (χ0n) is 10.2. The predicted octanol–water partition coefficient (Wildman–Crippen LogP) is 2.20. The van der Waals surface area contributed by atoms with Crippen LogP contribution in [-0.2, 0) is 4.79 Å². The highest BCUT2D eigenvalue weighted by atomic mass is 16.5. The van der Waals surface area contributed by atoms with Crippen LogP contribution in [0, 0.1) is 11.3 Å². The van der Waals surface area contributed by atoms with Gasteiger partial charge in [-0.25, -0.2) is 0 Å². The van der Waals surface area contributed by atoms with Crippen LogP contribution >= 0.6 is 0 Å². The molecule has 5 heteroatoms. The van der Waals surface area contributed by atoms with Gasteiger partial charge in [0.05, 0.1) is 25.3 Å². The zero-order valence-corrected chi connectivity index (χ0v) is 10.2. The molecule has 0 heterocycles. The number of carboxylic acid groups (broad SMARTS) is 1. The van der Waals surface area contributed by atoms with Crippen molar-refractivity contribution in [2.45, 2.75) is 19.3 Å². The van der Waals surface area contributed by atoms with Crippen LogP contribution in [0.2, 0.25) is 0 Å². The molecule has 1 aromatic carbocycles. The molecular weight excluding hydrogens is 234 g/mol. The maximum absolute atomic E-state index is 10.3. The maximum atomic E-state index is 10.3. The molecule has 0 aliphatic rings. The Hall–Kier alpha value is -2.22. The molecule has 0 aromatic heterocycles. The fraction of sp³-hybridized carbons (Fsp3) is 0.385. The smallest absolute Gasteiger partial charge is 0.303 e. The first-order valence-electron chi connectivity index (χ1n) is 5.60. The first-order chi connectivity index (χ1) is 8.67. The standard InChI is InChI=1S/C13H15NO4/c1-17-12-8-10(9-14)5-6-11(12)18-7-3-2-4-13(15)16/h5-6,8H,2-4,7H2,1H3,(H,15,16). The van der Waals surface area contributed by atoms with E-state index < -0.39 is 5.97 Å². The first kappa shape index (κ1) is 13.8. The summed E-state index contributed by atoms with van der Waals surface area (Å²) < 4.78 is 10.6. The Labute approximate surface area is 106 Å². The molecule has 0 spiro atoms. The number of nitriles is 1. The minimum Gasteiger partial charge on any atom is -0.493 e. The number of carboxylic acids is 1. The van der Waals surface area contributed by atoms with Crippen LogP contribution in [0.3, 0.4) is 0 Å². The summed E-state index contributed by atoms with van der Waals surface area (Å²) in [5.41, 5.74) is 0.505. The highest BCUT2D eigenvalue weighted by Gasteiger charge is 2.05. The number of carbonyl (C=O) groups is 1. The van der Waals surface area contributed by atoms with Gasteiger partial charge in [0.2, 0.25) is 0 Å². The average Bonchev–Trinajstić information content (AvgIpc) is 2.38. The van der Waals surface area contributed by atoms with Gasteiger partial charge in [0, 0.05) is 12.5 Å². The van der Waals surface area contributed by atoms with Gasteiger partial charge in [-0.1, -0.05) is 0 Å². The second-order valence-electron chi connectivity index (χ2n) is 3.68. The summed E-state index contributed by atoms with van der Waals surface area (Å²) in [5.74, 6) is 0.269. The molecule has 1 rings (SSSR count). The minimum absolute atomic E-state index is 0.147. The van der Waals surface area contributed by atoms with Gasteiger partial charge >= 0.3 is 5.97 Å². The number of benzene rings is 1. The number of aliphatic carboxylic acids is 1. The Kier molecular flexibility index (Phi) is 5.52. The molecule has 96 valence electrons. The van der Waals surface area contributed by atoms with Gasteiger partial charge < -0.3 is 14.6 Å². The van der Waals surface area contributed by atoms with Gasteiger partial charge in [-0.2, -0.15) is 5.26 Å².